The van der Waals surface area contributed by atoms with Gasteiger partial charge in [0.1, 0.15) is 0 Å². The molecule has 1 aliphatic rings. The smallest absolute Gasteiger partial charge is 0.227 e. The van der Waals surface area contributed by atoms with Crippen molar-refractivity contribution in [2.75, 3.05) is 10.6 Å². The normalized spacial score (nSPS) is 21.7. The van der Waals surface area contributed by atoms with E-state index >= 15 is 0 Å². The summed E-state index contributed by atoms with van der Waals surface area (Å²) in [6.45, 7) is 1.44. The summed E-state index contributed by atoms with van der Waals surface area (Å²) >= 11 is 3.37. The van der Waals surface area contributed by atoms with Crippen molar-refractivity contribution in [2.45, 2.75) is 38.6 Å². The molecule has 2 rings (SSSR count). The lowest BCUT2D eigenvalue weighted by Gasteiger charge is -2.26. The van der Waals surface area contributed by atoms with E-state index in [-0.39, 0.29) is 23.8 Å². The monoisotopic (exact) mass is 353 g/mol. The number of rotatable bonds is 3. The molecule has 4 N–H and O–H groups in total. The van der Waals surface area contributed by atoms with Crippen LogP contribution < -0.4 is 16.4 Å². The summed E-state index contributed by atoms with van der Waals surface area (Å²) in [5.74, 6) is -0.264. The Morgan fingerprint density at radius 2 is 2.00 bits per heavy atom. The average molecular weight is 354 g/mol. The molecule has 1 aliphatic carbocycles. The molecule has 114 valence electrons. The van der Waals surface area contributed by atoms with Gasteiger partial charge in [0.2, 0.25) is 11.8 Å². The highest BCUT2D eigenvalue weighted by atomic mass is 79.9. The van der Waals surface area contributed by atoms with Gasteiger partial charge in [-0.25, -0.2) is 0 Å². The van der Waals surface area contributed by atoms with Crippen LogP contribution in [0.5, 0.6) is 0 Å². The van der Waals surface area contributed by atoms with Gasteiger partial charge in [-0.3, -0.25) is 9.59 Å². The van der Waals surface area contributed by atoms with E-state index in [2.05, 4.69) is 26.6 Å². The lowest BCUT2D eigenvalue weighted by Crippen LogP contribution is -2.34. The number of nitrogens with two attached hydrogens (primary N) is 1. The van der Waals surface area contributed by atoms with Crippen LogP contribution in [-0.2, 0) is 9.59 Å². The fraction of sp³-hybridized carbons (Fsp3) is 0.467. The summed E-state index contributed by atoms with van der Waals surface area (Å²) < 4.78 is 0.840. The summed E-state index contributed by atoms with van der Waals surface area (Å²) in [5.41, 5.74) is 7.13. The third kappa shape index (κ3) is 4.54. The van der Waals surface area contributed by atoms with Gasteiger partial charge in [0.25, 0.3) is 0 Å². The maximum atomic E-state index is 12.4. The van der Waals surface area contributed by atoms with Gasteiger partial charge in [0.05, 0.1) is 11.4 Å². The first-order chi connectivity index (χ1) is 9.95. The van der Waals surface area contributed by atoms with Gasteiger partial charge in [-0.15, -0.1) is 0 Å². The predicted molar refractivity (Wildman–Crippen MR) is 87.0 cm³/mol. The highest BCUT2D eigenvalue weighted by molar-refractivity contribution is 9.10. The minimum absolute atomic E-state index is 0.0325. The van der Waals surface area contributed by atoms with Crippen molar-refractivity contribution in [2.24, 2.45) is 11.7 Å². The number of carbonyl (C=O) groups excluding carboxylic acids is 2. The number of hydrogen-bond acceptors (Lipinski definition) is 3. The summed E-state index contributed by atoms with van der Waals surface area (Å²) in [6.07, 6.45) is 3.55. The molecule has 2 unspecified atom stereocenters. The molecule has 1 aromatic rings. The molecule has 1 fully saturated rings. The Labute approximate surface area is 132 Å². The molecule has 0 saturated heterocycles. The zero-order valence-corrected chi connectivity index (χ0v) is 13.6. The fourth-order valence-electron chi connectivity index (χ4n) is 2.62. The number of carbonyl (C=O) groups is 2. The standard InChI is InChI=1S/C15H20BrN3O2/c1-9(20)18-13-6-5-11(16)8-14(13)19-15(21)10-3-2-4-12(17)7-10/h5-6,8,10,12H,2-4,7,17H2,1H3,(H,18,20)(H,19,21). The van der Waals surface area contributed by atoms with Crippen LogP contribution in [-0.4, -0.2) is 17.9 Å². The van der Waals surface area contributed by atoms with Crippen LogP contribution in [0.2, 0.25) is 0 Å². The number of hydrogen-bond donors (Lipinski definition) is 3. The molecule has 2 atom stereocenters. The van der Waals surface area contributed by atoms with E-state index in [1.165, 1.54) is 6.92 Å². The van der Waals surface area contributed by atoms with E-state index in [4.69, 9.17) is 5.73 Å². The van der Waals surface area contributed by atoms with Crippen molar-refractivity contribution in [3.63, 3.8) is 0 Å². The van der Waals surface area contributed by atoms with Crippen LogP contribution in [0.25, 0.3) is 0 Å². The fourth-order valence-corrected chi connectivity index (χ4v) is 2.98. The zero-order chi connectivity index (χ0) is 15.4. The van der Waals surface area contributed by atoms with Crippen molar-refractivity contribution in [1.29, 1.82) is 0 Å². The molecule has 2 amide bonds. The first-order valence-corrected chi connectivity index (χ1v) is 7.88. The topological polar surface area (TPSA) is 84.2 Å². The lowest BCUT2D eigenvalue weighted by atomic mass is 9.85. The van der Waals surface area contributed by atoms with Crippen LogP contribution in [0, 0.1) is 5.92 Å². The lowest BCUT2D eigenvalue weighted by molar-refractivity contribution is -0.121. The maximum Gasteiger partial charge on any atom is 0.227 e. The number of amides is 2. The van der Waals surface area contributed by atoms with Crippen LogP contribution >= 0.6 is 15.9 Å². The van der Waals surface area contributed by atoms with E-state index in [0.29, 0.717) is 11.4 Å². The van der Waals surface area contributed by atoms with Crippen LogP contribution in [0.4, 0.5) is 11.4 Å². The molecule has 1 saturated carbocycles. The van der Waals surface area contributed by atoms with Gasteiger partial charge in [-0.05, 0) is 37.5 Å². The molecule has 6 heteroatoms. The van der Waals surface area contributed by atoms with E-state index < -0.39 is 0 Å². The predicted octanol–water partition coefficient (Wildman–Crippen LogP) is 2.86. The summed E-state index contributed by atoms with van der Waals surface area (Å²) in [7, 11) is 0. The van der Waals surface area contributed by atoms with Crippen molar-refractivity contribution in [3.05, 3.63) is 22.7 Å². The largest absolute Gasteiger partial charge is 0.328 e. The molecule has 0 heterocycles. The van der Waals surface area contributed by atoms with E-state index in [1.54, 1.807) is 12.1 Å². The maximum absolute atomic E-state index is 12.4. The minimum atomic E-state index is -0.174. The van der Waals surface area contributed by atoms with Gasteiger partial charge in [-0.2, -0.15) is 0 Å². The Morgan fingerprint density at radius 3 is 2.67 bits per heavy atom. The van der Waals surface area contributed by atoms with Crippen molar-refractivity contribution in [1.82, 2.24) is 0 Å². The van der Waals surface area contributed by atoms with Gasteiger partial charge in [-0.1, -0.05) is 22.4 Å². The molecular formula is C15H20BrN3O2. The number of anilines is 2. The first-order valence-electron chi connectivity index (χ1n) is 7.09. The second kappa shape index (κ2) is 7.04. The molecule has 0 aromatic heterocycles. The van der Waals surface area contributed by atoms with Crippen LogP contribution in [0.3, 0.4) is 0 Å². The third-order valence-electron chi connectivity index (χ3n) is 3.64. The van der Waals surface area contributed by atoms with E-state index in [1.807, 2.05) is 6.07 Å². The van der Waals surface area contributed by atoms with Crippen molar-refractivity contribution in [3.8, 4) is 0 Å². The highest BCUT2D eigenvalue weighted by Gasteiger charge is 2.25. The Kier molecular flexibility index (Phi) is 5.36. The zero-order valence-electron chi connectivity index (χ0n) is 12.0. The van der Waals surface area contributed by atoms with Crippen molar-refractivity contribution >= 4 is 39.1 Å². The van der Waals surface area contributed by atoms with Gasteiger partial charge in [0.15, 0.2) is 0 Å². The molecule has 0 radical (unpaired) electrons. The second-order valence-corrected chi connectivity index (χ2v) is 6.40. The Hall–Kier alpha value is -1.40. The molecule has 0 bridgehead atoms. The summed E-state index contributed by atoms with van der Waals surface area (Å²) in [4.78, 5) is 23.6. The first kappa shape index (κ1) is 16.0. The summed E-state index contributed by atoms with van der Waals surface area (Å²) in [6, 6.07) is 5.46. The second-order valence-electron chi connectivity index (χ2n) is 5.48. The number of nitrogens with one attached hydrogen (secondary N) is 2. The highest BCUT2D eigenvalue weighted by Crippen LogP contribution is 2.29. The van der Waals surface area contributed by atoms with Crippen LogP contribution in [0.15, 0.2) is 22.7 Å². The molecule has 1 aromatic carbocycles. The molecule has 0 spiro atoms. The molecular weight excluding hydrogens is 334 g/mol. The van der Waals surface area contributed by atoms with Crippen LogP contribution in [0.1, 0.15) is 32.6 Å². The molecule has 0 aliphatic heterocycles. The van der Waals surface area contributed by atoms with Gasteiger partial charge in [0, 0.05) is 23.4 Å². The minimum Gasteiger partial charge on any atom is -0.328 e. The Morgan fingerprint density at radius 1 is 1.24 bits per heavy atom. The van der Waals surface area contributed by atoms with E-state index in [0.717, 1.165) is 30.2 Å². The third-order valence-corrected chi connectivity index (χ3v) is 4.13. The number of benzene rings is 1. The average Bonchev–Trinajstić information content (AvgIpc) is 2.41. The van der Waals surface area contributed by atoms with Crippen molar-refractivity contribution < 1.29 is 9.59 Å². The van der Waals surface area contributed by atoms with Gasteiger partial charge >= 0.3 is 0 Å². The van der Waals surface area contributed by atoms with Gasteiger partial charge < -0.3 is 16.4 Å². The quantitative estimate of drug-likeness (QED) is 0.780. The SMILES string of the molecule is CC(=O)Nc1ccc(Br)cc1NC(=O)C1CCCC(N)C1. The molecule has 5 nitrogen and oxygen atoms in total. The van der Waals surface area contributed by atoms with E-state index in [9.17, 15) is 9.59 Å². The number of halogens is 1. The summed E-state index contributed by atoms with van der Waals surface area (Å²) in [5, 5.41) is 5.63. The molecule has 21 heavy (non-hydrogen) atoms. The Balaban J connectivity index is 2.12. The Bertz CT molecular complexity index is 548.